The molecule has 5 nitrogen and oxygen atoms in total. The molecule has 0 amide bonds. The van der Waals surface area contributed by atoms with Gasteiger partial charge in [0.05, 0.1) is 6.61 Å². The molecule has 0 aliphatic rings. The fourth-order valence-electron chi connectivity index (χ4n) is 0.964. The standard InChI is InChI=1S/C8H21O5PSi/c1-10-14(4,9)13-7-6-8-15(5,11-2)12-3/h6-8H2,1-5H3. The van der Waals surface area contributed by atoms with E-state index < -0.39 is 16.2 Å². The van der Waals surface area contributed by atoms with Crippen molar-refractivity contribution in [1.82, 2.24) is 0 Å². The van der Waals surface area contributed by atoms with Crippen LogP contribution in [0.2, 0.25) is 12.6 Å². The van der Waals surface area contributed by atoms with E-state index in [-0.39, 0.29) is 0 Å². The van der Waals surface area contributed by atoms with E-state index in [2.05, 4.69) is 0 Å². The summed E-state index contributed by atoms with van der Waals surface area (Å²) in [6, 6.07) is 0.809. The van der Waals surface area contributed by atoms with Crippen LogP contribution >= 0.6 is 7.60 Å². The lowest BCUT2D eigenvalue weighted by Crippen LogP contribution is -2.36. The fraction of sp³-hybridized carbons (Fsp3) is 1.00. The fourth-order valence-corrected chi connectivity index (χ4v) is 2.89. The Hall–Kier alpha value is 0.287. The predicted molar refractivity (Wildman–Crippen MR) is 61.6 cm³/mol. The van der Waals surface area contributed by atoms with Crippen LogP contribution in [0, 0.1) is 0 Å². The Kier molecular flexibility index (Phi) is 6.91. The quantitative estimate of drug-likeness (QED) is 0.378. The molecule has 0 aliphatic heterocycles. The van der Waals surface area contributed by atoms with Crippen LogP contribution in [0.15, 0.2) is 0 Å². The van der Waals surface area contributed by atoms with Gasteiger partial charge < -0.3 is 17.9 Å². The second-order valence-electron chi connectivity index (χ2n) is 3.43. The third kappa shape index (κ3) is 6.45. The Morgan fingerprint density at radius 2 is 1.73 bits per heavy atom. The molecule has 92 valence electrons. The predicted octanol–water partition coefficient (Wildman–Crippen LogP) is 2.23. The van der Waals surface area contributed by atoms with Gasteiger partial charge in [0.15, 0.2) is 0 Å². The first-order valence-electron chi connectivity index (χ1n) is 4.77. The van der Waals surface area contributed by atoms with Gasteiger partial charge >= 0.3 is 16.2 Å². The molecule has 0 heterocycles. The van der Waals surface area contributed by atoms with Crippen LogP contribution in [-0.2, 0) is 22.5 Å². The molecule has 15 heavy (non-hydrogen) atoms. The van der Waals surface area contributed by atoms with Crippen molar-refractivity contribution in [1.29, 1.82) is 0 Å². The molecule has 0 fully saturated rings. The zero-order chi connectivity index (χ0) is 11.9. The monoisotopic (exact) mass is 256 g/mol. The molecule has 0 aromatic rings. The molecule has 0 spiro atoms. The van der Waals surface area contributed by atoms with Gasteiger partial charge in [-0.2, -0.15) is 0 Å². The molecule has 1 atom stereocenters. The van der Waals surface area contributed by atoms with Crippen LogP contribution in [-0.4, -0.2) is 43.2 Å². The largest absolute Gasteiger partial charge is 0.398 e. The van der Waals surface area contributed by atoms with Gasteiger partial charge in [-0.05, 0) is 19.0 Å². The van der Waals surface area contributed by atoms with Gasteiger partial charge in [-0.25, -0.2) is 0 Å². The van der Waals surface area contributed by atoms with Gasteiger partial charge in [0.1, 0.15) is 0 Å². The van der Waals surface area contributed by atoms with Gasteiger partial charge in [-0.15, -0.1) is 0 Å². The molecular weight excluding hydrogens is 235 g/mol. The van der Waals surface area contributed by atoms with Crippen molar-refractivity contribution >= 4 is 16.2 Å². The molecule has 0 aliphatic carbocycles. The van der Waals surface area contributed by atoms with Gasteiger partial charge in [0, 0.05) is 28.0 Å². The van der Waals surface area contributed by atoms with E-state index in [4.69, 9.17) is 17.9 Å². The van der Waals surface area contributed by atoms with Crippen molar-refractivity contribution in [3.05, 3.63) is 0 Å². The van der Waals surface area contributed by atoms with Crippen LogP contribution in [0.25, 0.3) is 0 Å². The summed E-state index contributed by atoms with van der Waals surface area (Å²) in [6.45, 7) is 3.84. The Morgan fingerprint density at radius 3 is 2.13 bits per heavy atom. The van der Waals surface area contributed by atoms with Crippen molar-refractivity contribution in [2.45, 2.75) is 19.0 Å². The summed E-state index contributed by atoms with van der Waals surface area (Å²) in [5, 5.41) is 0. The maximum absolute atomic E-state index is 11.4. The van der Waals surface area contributed by atoms with Crippen LogP contribution in [0.5, 0.6) is 0 Å². The molecule has 0 aromatic heterocycles. The van der Waals surface area contributed by atoms with Crippen molar-refractivity contribution in [3.63, 3.8) is 0 Å². The maximum atomic E-state index is 11.4. The lowest BCUT2D eigenvalue weighted by atomic mass is 10.5. The van der Waals surface area contributed by atoms with Crippen molar-refractivity contribution in [3.8, 4) is 0 Å². The first-order chi connectivity index (χ1) is 6.89. The second-order valence-corrected chi connectivity index (χ2v) is 9.18. The summed E-state index contributed by atoms with van der Waals surface area (Å²) in [5.74, 6) is 0. The molecule has 0 rings (SSSR count). The van der Waals surface area contributed by atoms with Gasteiger partial charge in [-0.3, -0.25) is 4.57 Å². The Labute approximate surface area is 92.8 Å². The number of rotatable bonds is 8. The Balaban J connectivity index is 3.76. The van der Waals surface area contributed by atoms with E-state index >= 15 is 0 Å². The molecule has 0 bridgehead atoms. The highest BCUT2D eigenvalue weighted by atomic mass is 31.2. The zero-order valence-corrected chi connectivity index (χ0v) is 12.0. The molecular formula is C8H21O5PSi. The number of hydrogen-bond acceptors (Lipinski definition) is 5. The summed E-state index contributed by atoms with van der Waals surface area (Å²) in [6.07, 6.45) is 0.756. The minimum Gasteiger partial charge on any atom is -0.398 e. The average molecular weight is 256 g/mol. The third-order valence-electron chi connectivity index (χ3n) is 2.30. The molecule has 1 unspecified atom stereocenters. The van der Waals surface area contributed by atoms with Crippen LogP contribution in [0.3, 0.4) is 0 Å². The molecule has 0 aromatic carbocycles. The lowest BCUT2D eigenvalue weighted by molar-refractivity contribution is 0.224. The highest BCUT2D eigenvalue weighted by Gasteiger charge is 2.28. The molecule has 0 saturated carbocycles. The zero-order valence-electron chi connectivity index (χ0n) is 10.1. The minimum absolute atomic E-state index is 0.400. The molecule has 0 N–H and O–H groups in total. The van der Waals surface area contributed by atoms with E-state index in [1.807, 2.05) is 6.55 Å². The smallest absolute Gasteiger partial charge is 0.334 e. The first-order valence-corrected chi connectivity index (χ1v) is 9.28. The van der Waals surface area contributed by atoms with Crippen LogP contribution in [0.1, 0.15) is 6.42 Å². The van der Waals surface area contributed by atoms with Crippen molar-refractivity contribution in [2.75, 3.05) is 34.6 Å². The normalized spacial score (nSPS) is 16.3. The van der Waals surface area contributed by atoms with E-state index in [1.54, 1.807) is 14.2 Å². The summed E-state index contributed by atoms with van der Waals surface area (Å²) in [4.78, 5) is 0. The van der Waals surface area contributed by atoms with Gasteiger partial charge in [-0.1, -0.05) is 0 Å². The van der Waals surface area contributed by atoms with E-state index in [0.717, 1.165) is 12.5 Å². The minimum atomic E-state index is -2.84. The van der Waals surface area contributed by atoms with E-state index in [0.29, 0.717) is 6.61 Å². The summed E-state index contributed by atoms with van der Waals surface area (Å²) in [5.41, 5.74) is 0. The topological polar surface area (TPSA) is 54.0 Å². The molecule has 0 radical (unpaired) electrons. The third-order valence-corrected chi connectivity index (χ3v) is 6.60. The van der Waals surface area contributed by atoms with Crippen molar-refractivity contribution < 1.29 is 22.5 Å². The van der Waals surface area contributed by atoms with Gasteiger partial charge in [0.2, 0.25) is 0 Å². The highest BCUT2D eigenvalue weighted by molar-refractivity contribution is 7.52. The van der Waals surface area contributed by atoms with Crippen LogP contribution in [0.4, 0.5) is 0 Å². The number of hydrogen-bond donors (Lipinski definition) is 0. The summed E-state index contributed by atoms with van der Waals surface area (Å²) >= 11 is 0. The van der Waals surface area contributed by atoms with E-state index in [1.165, 1.54) is 13.8 Å². The van der Waals surface area contributed by atoms with Gasteiger partial charge in [0.25, 0.3) is 0 Å². The molecule has 7 heteroatoms. The summed E-state index contributed by atoms with van der Waals surface area (Å²) < 4.78 is 31.8. The molecule has 0 saturated heterocycles. The summed E-state index contributed by atoms with van der Waals surface area (Å²) in [7, 11) is -0.175. The maximum Gasteiger partial charge on any atom is 0.334 e. The highest BCUT2D eigenvalue weighted by Crippen LogP contribution is 2.42. The SMILES string of the molecule is CO[Si](C)(CCCOP(C)(=O)OC)OC. The first kappa shape index (κ1) is 15.3. The lowest BCUT2D eigenvalue weighted by Gasteiger charge is -2.22. The van der Waals surface area contributed by atoms with Crippen LogP contribution < -0.4 is 0 Å². The second kappa shape index (κ2) is 6.78. The van der Waals surface area contributed by atoms with E-state index in [9.17, 15) is 4.57 Å². The average Bonchev–Trinajstić information content (AvgIpc) is 2.24. The Morgan fingerprint density at radius 1 is 1.20 bits per heavy atom. The Bertz CT molecular complexity index is 219. The van der Waals surface area contributed by atoms with Crippen molar-refractivity contribution in [2.24, 2.45) is 0 Å².